The fourth-order valence-electron chi connectivity index (χ4n) is 3.09. The molecule has 0 aromatic carbocycles. The van der Waals surface area contributed by atoms with Crippen LogP contribution in [0.15, 0.2) is 0 Å². The lowest BCUT2D eigenvalue weighted by molar-refractivity contribution is -0.143. The number of carbonyl (C=O) groups excluding carboxylic acids is 1. The molecule has 20 heavy (non-hydrogen) atoms. The summed E-state index contributed by atoms with van der Waals surface area (Å²) in [5, 5.41) is 12.1. The van der Waals surface area contributed by atoms with Gasteiger partial charge in [-0.1, -0.05) is 6.92 Å². The molecule has 0 saturated carbocycles. The second-order valence-electron chi connectivity index (χ2n) is 5.81. The van der Waals surface area contributed by atoms with Crippen LogP contribution in [-0.2, 0) is 4.79 Å². The molecule has 2 unspecified atom stereocenters. The molecule has 2 fully saturated rings. The first-order valence-corrected chi connectivity index (χ1v) is 7.60. The standard InChI is InChI=1S/C14H25N3O3/c1-2-16-7-4-6-12(10-16)15-14(20)17-8-3-5-11(9-17)13(18)19/h11-12H,2-10H2,1H3,(H,15,20)(H,18,19). The number of likely N-dealkylation sites (tertiary alicyclic amines) is 2. The number of hydrogen-bond acceptors (Lipinski definition) is 3. The Morgan fingerprint density at radius 1 is 1.20 bits per heavy atom. The molecule has 2 saturated heterocycles. The third-order valence-electron chi connectivity index (χ3n) is 4.34. The molecule has 0 aromatic rings. The van der Waals surface area contributed by atoms with Gasteiger partial charge < -0.3 is 20.2 Å². The molecule has 0 spiro atoms. The van der Waals surface area contributed by atoms with Crippen LogP contribution in [0.5, 0.6) is 0 Å². The number of aliphatic carboxylic acids is 1. The molecular formula is C14H25N3O3. The molecule has 2 rings (SSSR count). The number of urea groups is 1. The molecule has 2 amide bonds. The zero-order valence-corrected chi connectivity index (χ0v) is 12.2. The van der Waals surface area contributed by atoms with Crippen molar-refractivity contribution in [2.24, 2.45) is 5.92 Å². The highest BCUT2D eigenvalue weighted by Crippen LogP contribution is 2.17. The Bertz CT molecular complexity index is 362. The van der Waals surface area contributed by atoms with Crippen LogP contribution in [0.2, 0.25) is 0 Å². The first kappa shape index (κ1) is 15.1. The molecule has 0 aromatic heterocycles. The number of carbonyl (C=O) groups is 2. The van der Waals surface area contributed by atoms with E-state index in [1.54, 1.807) is 4.90 Å². The average molecular weight is 283 g/mol. The molecule has 2 aliphatic heterocycles. The van der Waals surface area contributed by atoms with Crippen LogP contribution < -0.4 is 5.32 Å². The number of rotatable bonds is 3. The Kier molecular flexibility index (Phi) is 5.23. The van der Waals surface area contributed by atoms with Gasteiger partial charge in [-0.2, -0.15) is 0 Å². The van der Waals surface area contributed by atoms with Crippen molar-refractivity contribution in [3.8, 4) is 0 Å². The van der Waals surface area contributed by atoms with Gasteiger partial charge in [0.2, 0.25) is 0 Å². The third-order valence-corrected chi connectivity index (χ3v) is 4.34. The van der Waals surface area contributed by atoms with E-state index in [1.165, 1.54) is 0 Å². The average Bonchev–Trinajstić information content (AvgIpc) is 2.47. The summed E-state index contributed by atoms with van der Waals surface area (Å²) in [6, 6.07) is 0.0975. The minimum atomic E-state index is -0.794. The van der Waals surface area contributed by atoms with Crippen LogP contribution in [0.1, 0.15) is 32.6 Å². The SMILES string of the molecule is CCN1CCCC(NC(=O)N2CCCC(C(=O)O)C2)C1. The molecule has 0 aliphatic carbocycles. The smallest absolute Gasteiger partial charge is 0.317 e. The summed E-state index contributed by atoms with van der Waals surface area (Å²) < 4.78 is 0. The van der Waals surface area contributed by atoms with Gasteiger partial charge in [0.1, 0.15) is 0 Å². The Morgan fingerprint density at radius 3 is 2.65 bits per heavy atom. The van der Waals surface area contributed by atoms with Gasteiger partial charge in [0.25, 0.3) is 0 Å². The molecule has 2 aliphatic rings. The van der Waals surface area contributed by atoms with Crippen LogP contribution >= 0.6 is 0 Å². The zero-order valence-electron chi connectivity index (χ0n) is 12.2. The van der Waals surface area contributed by atoms with E-state index >= 15 is 0 Å². The lowest BCUT2D eigenvalue weighted by Crippen LogP contribution is -2.53. The number of piperidine rings is 2. The normalized spacial score (nSPS) is 28.1. The Balaban J connectivity index is 1.83. The third kappa shape index (κ3) is 3.85. The van der Waals surface area contributed by atoms with Crippen molar-refractivity contribution in [2.45, 2.75) is 38.6 Å². The van der Waals surface area contributed by atoms with E-state index in [9.17, 15) is 9.59 Å². The van der Waals surface area contributed by atoms with Gasteiger partial charge in [0, 0.05) is 25.7 Å². The molecule has 2 heterocycles. The van der Waals surface area contributed by atoms with Crippen LogP contribution in [-0.4, -0.2) is 65.7 Å². The summed E-state index contributed by atoms with van der Waals surface area (Å²) in [6.07, 6.45) is 3.57. The summed E-state index contributed by atoms with van der Waals surface area (Å²) in [7, 11) is 0. The van der Waals surface area contributed by atoms with E-state index in [-0.39, 0.29) is 12.1 Å². The first-order chi connectivity index (χ1) is 9.60. The van der Waals surface area contributed by atoms with Crippen molar-refractivity contribution in [1.29, 1.82) is 0 Å². The van der Waals surface area contributed by atoms with Gasteiger partial charge in [-0.15, -0.1) is 0 Å². The van der Waals surface area contributed by atoms with Crippen molar-refractivity contribution in [3.63, 3.8) is 0 Å². The summed E-state index contributed by atoms with van der Waals surface area (Å²) in [5.41, 5.74) is 0. The van der Waals surface area contributed by atoms with E-state index in [0.29, 0.717) is 19.5 Å². The Morgan fingerprint density at radius 2 is 1.95 bits per heavy atom. The maximum Gasteiger partial charge on any atom is 0.317 e. The van der Waals surface area contributed by atoms with E-state index in [0.717, 1.165) is 38.9 Å². The van der Waals surface area contributed by atoms with Crippen LogP contribution in [0.4, 0.5) is 4.79 Å². The Labute approximate surface area is 120 Å². The quantitative estimate of drug-likeness (QED) is 0.810. The first-order valence-electron chi connectivity index (χ1n) is 7.60. The molecule has 2 atom stereocenters. The van der Waals surface area contributed by atoms with Gasteiger partial charge in [-0.3, -0.25) is 4.79 Å². The highest BCUT2D eigenvalue weighted by molar-refractivity contribution is 5.76. The number of nitrogens with one attached hydrogen (secondary N) is 1. The van der Waals surface area contributed by atoms with Gasteiger partial charge in [0.05, 0.1) is 5.92 Å². The fourth-order valence-corrected chi connectivity index (χ4v) is 3.09. The monoisotopic (exact) mass is 283 g/mol. The number of carboxylic acids is 1. The van der Waals surface area contributed by atoms with Crippen LogP contribution in [0.25, 0.3) is 0 Å². The minimum absolute atomic E-state index is 0.0982. The predicted molar refractivity (Wildman–Crippen MR) is 75.6 cm³/mol. The maximum atomic E-state index is 12.2. The number of likely N-dealkylation sites (N-methyl/N-ethyl adjacent to an activating group) is 1. The number of hydrogen-bond donors (Lipinski definition) is 2. The summed E-state index contributed by atoms with van der Waals surface area (Å²) >= 11 is 0. The number of amides is 2. The minimum Gasteiger partial charge on any atom is -0.481 e. The lowest BCUT2D eigenvalue weighted by atomic mass is 9.98. The van der Waals surface area contributed by atoms with Gasteiger partial charge in [0.15, 0.2) is 0 Å². The van der Waals surface area contributed by atoms with Crippen molar-refractivity contribution in [3.05, 3.63) is 0 Å². The zero-order chi connectivity index (χ0) is 14.5. The topological polar surface area (TPSA) is 72.9 Å². The predicted octanol–water partition coefficient (Wildman–Crippen LogP) is 0.977. The van der Waals surface area contributed by atoms with Crippen LogP contribution in [0, 0.1) is 5.92 Å². The molecule has 6 heteroatoms. The van der Waals surface area contributed by atoms with E-state index in [4.69, 9.17) is 5.11 Å². The Hall–Kier alpha value is -1.30. The lowest BCUT2D eigenvalue weighted by Gasteiger charge is -2.35. The highest BCUT2D eigenvalue weighted by Gasteiger charge is 2.29. The van der Waals surface area contributed by atoms with Gasteiger partial charge >= 0.3 is 12.0 Å². The van der Waals surface area contributed by atoms with Crippen molar-refractivity contribution < 1.29 is 14.7 Å². The fraction of sp³-hybridized carbons (Fsp3) is 0.857. The summed E-state index contributed by atoms with van der Waals surface area (Å²) in [5.74, 6) is -1.20. The van der Waals surface area contributed by atoms with E-state index < -0.39 is 11.9 Å². The second kappa shape index (κ2) is 6.92. The number of carboxylic acid groups (broad SMARTS) is 1. The van der Waals surface area contributed by atoms with Gasteiger partial charge in [-0.05, 0) is 38.8 Å². The van der Waals surface area contributed by atoms with E-state index in [1.807, 2.05) is 0 Å². The number of nitrogens with zero attached hydrogens (tertiary/aromatic N) is 2. The highest BCUT2D eigenvalue weighted by atomic mass is 16.4. The molecule has 2 N–H and O–H groups in total. The van der Waals surface area contributed by atoms with Crippen LogP contribution in [0.3, 0.4) is 0 Å². The molecule has 0 radical (unpaired) electrons. The second-order valence-corrected chi connectivity index (χ2v) is 5.81. The van der Waals surface area contributed by atoms with Gasteiger partial charge in [-0.25, -0.2) is 4.79 Å². The van der Waals surface area contributed by atoms with Crippen molar-refractivity contribution >= 4 is 12.0 Å². The van der Waals surface area contributed by atoms with E-state index in [2.05, 4.69) is 17.1 Å². The maximum absolute atomic E-state index is 12.2. The van der Waals surface area contributed by atoms with Crippen molar-refractivity contribution in [1.82, 2.24) is 15.1 Å². The molecule has 114 valence electrons. The summed E-state index contributed by atoms with van der Waals surface area (Å²) in [6.45, 7) is 6.15. The van der Waals surface area contributed by atoms with Crippen molar-refractivity contribution in [2.75, 3.05) is 32.7 Å². The largest absolute Gasteiger partial charge is 0.481 e. The molecular weight excluding hydrogens is 258 g/mol. The molecule has 6 nitrogen and oxygen atoms in total. The summed E-state index contributed by atoms with van der Waals surface area (Å²) in [4.78, 5) is 27.3. The molecule has 0 bridgehead atoms.